The molecule has 3 N–H and O–H groups in total. The van der Waals surface area contributed by atoms with E-state index in [9.17, 15) is 13.2 Å². The molecule has 2 aromatic heterocycles. The molecule has 4 aromatic rings. The first-order valence-corrected chi connectivity index (χ1v) is 12.2. The molecule has 2 heterocycles. The molecule has 2 aromatic carbocycles. The van der Waals surface area contributed by atoms with Crippen LogP contribution in [0.15, 0.2) is 77.8 Å². The van der Waals surface area contributed by atoms with Gasteiger partial charge in [0.05, 0.1) is 10.5 Å². The van der Waals surface area contributed by atoms with Gasteiger partial charge in [0.2, 0.25) is 5.95 Å². The van der Waals surface area contributed by atoms with Crippen LogP contribution in [-0.4, -0.2) is 29.3 Å². The van der Waals surface area contributed by atoms with Crippen LogP contribution in [0.4, 0.5) is 23.1 Å². The van der Waals surface area contributed by atoms with Crippen molar-refractivity contribution in [2.75, 3.05) is 15.4 Å². The third-order valence-corrected chi connectivity index (χ3v) is 6.31. The summed E-state index contributed by atoms with van der Waals surface area (Å²) in [6.07, 6.45) is 1.57. The number of benzene rings is 2. The van der Waals surface area contributed by atoms with E-state index in [-0.39, 0.29) is 16.8 Å². The van der Waals surface area contributed by atoms with E-state index >= 15 is 0 Å². The first-order valence-electron chi connectivity index (χ1n) is 10.7. The highest BCUT2D eigenvalue weighted by atomic mass is 32.2. The molecular formula is C25H24N6O3S. The monoisotopic (exact) mass is 488 g/mol. The van der Waals surface area contributed by atoms with Gasteiger partial charge in [-0.25, -0.2) is 28.1 Å². The van der Waals surface area contributed by atoms with E-state index in [0.717, 1.165) is 5.56 Å². The molecule has 4 rings (SSSR count). The summed E-state index contributed by atoms with van der Waals surface area (Å²) in [5.41, 5.74) is 3.94. The Labute approximate surface area is 203 Å². The van der Waals surface area contributed by atoms with Crippen LogP contribution in [0.5, 0.6) is 0 Å². The van der Waals surface area contributed by atoms with E-state index in [0.29, 0.717) is 34.1 Å². The number of carbonyl (C=O) groups is 1. The average molecular weight is 489 g/mol. The number of aromatic nitrogens is 3. The Morgan fingerprint density at radius 2 is 1.54 bits per heavy atom. The molecular weight excluding hydrogens is 464 g/mol. The number of hydrogen-bond acceptors (Lipinski definition) is 7. The van der Waals surface area contributed by atoms with Gasteiger partial charge >= 0.3 is 0 Å². The number of nitrogens with zero attached hydrogens (tertiary/aromatic N) is 3. The van der Waals surface area contributed by atoms with Crippen LogP contribution in [0.1, 0.15) is 27.3 Å². The van der Waals surface area contributed by atoms with Crippen molar-refractivity contribution in [3.8, 4) is 0 Å². The quantitative estimate of drug-likeness (QED) is 0.347. The lowest BCUT2D eigenvalue weighted by molar-refractivity contribution is 0.102. The SMILES string of the molecule is Cc1cccc(NC(=O)c2cccnc2Nc2ccc(S(=O)(=O)Nc3nc(C)cc(C)n3)cc2)c1. The first-order chi connectivity index (χ1) is 16.7. The summed E-state index contributed by atoms with van der Waals surface area (Å²) in [6, 6.07) is 18.7. The van der Waals surface area contributed by atoms with Crippen molar-refractivity contribution in [3.05, 3.63) is 95.4 Å². The number of hydrogen-bond donors (Lipinski definition) is 3. The summed E-state index contributed by atoms with van der Waals surface area (Å²) in [5.74, 6) is 0.0421. The largest absolute Gasteiger partial charge is 0.340 e. The smallest absolute Gasteiger partial charge is 0.264 e. The van der Waals surface area contributed by atoms with Gasteiger partial charge in [-0.05, 0) is 80.9 Å². The summed E-state index contributed by atoms with van der Waals surface area (Å²) in [6.45, 7) is 5.47. The van der Waals surface area contributed by atoms with Crippen LogP contribution in [0, 0.1) is 20.8 Å². The van der Waals surface area contributed by atoms with Crippen LogP contribution >= 0.6 is 0 Å². The Balaban J connectivity index is 1.50. The fourth-order valence-electron chi connectivity index (χ4n) is 3.41. The predicted molar refractivity (Wildman–Crippen MR) is 135 cm³/mol. The number of aryl methyl sites for hydroxylation is 3. The molecule has 0 aliphatic rings. The second kappa shape index (κ2) is 9.90. The van der Waals surface area contributed by atoms with Crippen LogP contribution < -0.4 is 15.4 Å². The molecule has 0 saturated heterocycles. The van der Waals surface area contributed by atoms with Crippen molar-refractivity contribution in [1.29, 1.82) is 0 Å². The van der Waals surface area contributed by atoms with Crippen LogP contribution in [-0.2, 0) is 10.0 Å². The summed E-state index contributed by atoms with van der Waals surface area (Å²) < 4.78 is 27.9. The van der Waals surface area contributed by atoms with Gasteiger partial charge in [0.25, 0.3) is 15.9 Å². The second-order valence-electron chi connectivity index (χ2n) is 7.95. The van der Waals surface area contributed by atoms with Gasteiger partial charge < -0.3 is 10.6 Å². The number of carbonyl (C=O) groups excluding carboxylic acids is 1. The van der Waals surface area contributed by atoms with Crippen LogP contribution in [0.3, 0.4) is 0 Å². The molecule has 9 nitrogen and oxygen atoms in total. The van der Waals surface area contributed by atoms with Gasteiger partial charge in [-0.2, -0.15) is 0 Å². The number of sulfonamides is 1. The zero-order valence-electron chi connectivity index (χ0n) is 19.4. The lowest BCUT2D eigenvalue weighted by atomic mass is 10.2. The van der Waals surface area contributed by atoms with E-state index < -0.39 is 10.0 Å². The third-order valence-electron chi connectivity index (χ3n) is 4.96. The molecule has 0 atom stereocenters. The molecule has 0 fully saturated rings. The van der Waals surface area contributed by atoms with Crippen molar-refractivity contribution in [1.82, 2.24) is 15.0 Å². The highest BCUT2D eigenvalue weighted by Crippen LogP contribution is 2.22. The molecule has 0 unspecified atom stereocenters. The third kappa shape index (κ3) is 5.98. The van der Waals surface area contributed by atoms with Gasteiger partial charge in [0.15, 0.2) is 0 Å². The van der Waals surface area contributed by atoms with E-state index in [1.54, 1.807) is 50.4 Å². The Morgan fingerprint density at radius 3 is 2.23 bits per heavy atom. The van der Waals surface area contributed by atoms with Crippen molar-refractivity contribution >= 4 is 39.1 Å². The summed E-state index contributed by atoms with van der Waals surface area (Å²) >= 11 is 0. The van der Waals surface area contributed by atoms with E-state index in [1.807, 2.05) is 31.2 Å². The predicted octanol–water partition coefficient (Wildman–Crippen LogP) is 4.59. The van der Waals surface area contributed by atoms with Crippen molar-refractivity contribution < 1.29 is 13.2 Å². The first kappa shape index (κ1) is 23.8. The fraction of sp³-hybridized carbons (Fsp3) is 0.120. The zero-order valence-corrected chi connectivity index (χ0v) is 20.2. The molecule has 0 aliphatic heterocycles. The molecule has 0 radical (unpaired) electrons. The summed E-state index contributed by atoms with van der Waals surface area (Å²) in [4.78, 5) is 25.4. The number of pyridine rings is 1. The highest BCUT2D eigenvalue weighted by molar-refractivity contribution is 7.92. The van der Waals surface area contributed by atoms with Crippen molar-refractivity contribution in [2.45, 2.75) is 25.7 Å². The lowest BCUT2D eigenvalue weighted by Gasteiger charge is -2.12. The van der Waals surface area contributed by atoms with Crippen LogP contribution in [0.2, 0.25) is 0 Å². The molecule has 0 bridgehead atoms. The Morgan fingerprint density at radius 1 is 0.829 bits per heavy atom. The Kier molecular flexibility index (Phi) is 6.74. The van der Waals surface area contributed by atoms with Gasteiger partial charge in [-0.1, -0.05) is 12.1 Å². The minimum Gasteiger partial charge on any atom is -0.340 e. The molecule has 35 heavy (non-hydrogen) atoms. The number of amides is 1. The average Bonchev–Trinajstić information content (AvgIpc) is 2.79. The number of rotatable bonds is 7. The van der Waals surface area contributed by atoms with Gasteiger partial charge in [-0.3, -0.25) is 4.79 Å². The van der Waals surface area contributed by atoms with Crippen LogP contribution in [0.25, 0.3) is 0 Å². The summed E-state index contributed by atoms with van der Waals surface area (Å²) in [5, 5.41) is 5.95. The minimum absolute atomic E-state index is 0.0162. The molecule has 0 aliphatic carbocycles. The van der Waals surface area contributed by atoms with Gasteiger partial charge in [0.1, 0.15) is 5.82 Å². The molecule has 0 saturated carbocycles. The standard InChI is InChI=1S/C25H24N6O3S/c1-16-6-4-7-20(14-16)30-24(32)22-8-5-13-26-23(22)29-19-9-11-21(12-10-19)35(33,34)31-25-27-17(2)15-18(3)28-25/h4-15H,1-3H3,(H,26,29)(H,30,32)(H,27,28,31). The van der Waals surface area contributed by atoms with Crippen molar-refractivity contribution in [3.63, 3.8) is 0 Å². The minimum atomic E-state index is -3.88. The maximum atomic E-state index is 12.9. The topological polar surface area (TPSA) is 126 Å². The van der Waals surface area contributed by atoms with Crippen molar-refractivity contribution in [2.24, 2.45) is 0 Å². The zero-order chi connectivity index (χ0) is 25.0. The Hall–Kier alpha value is -4.31. The maximum Gasteiger partial charge on any atom is 0.264 e. The molecule has 10 heteroatoms. The molecule has 178 valence electrons. The van der Waals surface area contributed by atoms with E-state index in [1.165, 1.54) is 12.1 Å². The normalized spacial score (nSPS) is 11.1. The number of anilines is 4. The lowest BCUT2D eigenvalue weighted by Crippen LogP contribution is -2.16. The van der Waals surface area contributed by atoms with E-state index in [4.69, 9.17) is 0 Å². The highest BCUT2D eigenvalue weighted by Gasteiger charge is 2.17. The van der Waals surface area contributed by atoms with E-state index in [2.05, 4.69) is 30.3 Å². The summed E-state index contributed by atoms with van der Waals surface area (Å²) in [7, 11) is -3.88. The van der Waals surface area contributed by atoms with Gasteiger partial charge in [0, 0.05) is 29.0 Å². The van der Waals surface area contributed by atoms with Gasteiger partial charge in [-0.15, -0.1) is 0 Å². The molecule has 0 spiro atoms. The Bertz CT molecular complexity index is 1470. The maximum absolute atomic E-state index is 12.9. The fourth-order valence-corrected chi connectivity index (χ4v) is 4.36. The molecule has 1 amide bonds. The second-order valence-corrected chi connectivity index (χ2v) is 9.63. The number of nitrogens with one attached hydrogen (secondary N) is 3.